The summed E-state index contributed by atoms with van der Waals surface area (Å²) >= 11 is 0. The monoisotopic (exact) mass is 211 g/mol. The smallest absolute Gasteiger partial charge is 0.00387 e. The van der Waals surface area contributed by atoms with Crippen molar-refractivity contribution in [1.82, 2.24) is 5.32 Å². The zero-order valence-electron chi connectivity index (χ0n) is 11.1. The van der Waals surface area contributed by atoms with E-state index in [1.807, 2.05) is 0 Å². The molecule has 0 radical (unpaired) electrons. The van der Waals surface area contributed by atoms with Crippen molar-refractivity contribution < 1.29 is 0 Å². The van der Waals surface area contributed by atoms with E-state index in [2.05, 4.69) is 33.0 Å². The highest BCUT2D eigenvalue weighted by Crippen LogP contribution is 2.35. The fourth-order valence-electron chi connectivity index (χ4n) is 2.86. The van der Waals surface area contributed by atoms with Crippen LogP contribution < -0.4 is 5.32 Å². The van der Waals surface area contributed by atoms with Gasteiger partial charge in [-0.15, -0.1) is 0 Å². The van der Waals surface area contributed by atoms with Crippen molar-refractivity contribution >= 4 is 0 Å². The minimum Gasteiger partial charge on any atom is -0.315 e. The Kier molecular flexibility index (Phi) is 5.66. The van der Waals surface area contributed by atoms with Gasteiger partial charge in [0, 0.05) is 6.04 Å². The summed E-state index contributed by atoms with van der Waals surface area (Å²) in [6, 6.07) is 0.713. The van der Waals surface area contributed by atoms with Gasteiger partial charge in [-0.2, -0.15) is 0 Å². The summed E-state index contributed by atoms with van der Waals surface area (Å²) in [6.45, 7) is 10.5. The van der Waals surface area contributed by atoms with Gasteiger partial charge < -0.3 is 5.32 Å². The first kappa shape index (κ1) is 13.0. The number of nitrogens with one attached hydrogen (secondary N) is 1. The third-order valence-corrected chi connectivity index (χ3v) is 4.27. The summed E-state index contributed by atoms with van der Waals surface area (Å²) in [5, 5.41) is 3.51. The molecule has 0 amide bonds. The molecule has 1 rings (SSSR count). The highest BCUT2D eigenvalue weighted by molar-refractivity contribution is 4.76. The summed E-state index contributed by atoms with van der Waals surface area (Å²) in [5.74, 6) is 2.93. The fourth-order valence-corrected chi connectivity index (χ4v) is 2.86. The second-order valence-electron chi connectivity index (χ2n) is 5.67. The molecule has 1 fully saturated rings. The molecule has 0 aromatic carbocycles. The van der Waals surface area contributed by atoms with Crippen molar-refractivity contribution in [3.8, 4) is 0 Å². The molecule has 90 valence electrons. The highest BCUT2D eigenvalue weighted by atomic mass is 14.9. The van der Waals surface area contributed by atoms with Crippen LogP contribution in [0.3, 0.4) is 0 Å². The van der Waals surface area contributed by atoms with Crippen molar-refractivity contribution in [2.24, 2.45) is 17.8 Å². The quantitative estimate of drug-likeness (QED) is 0.728. The van der Waals surface area contributed by atoms with Crippen LogP contribution in [0.2, 0.25) is 0 Å². The highest BCUT2D eigenvalue weighted by Gasteiger charge is 2.24. The summed E-state index contributed by atoms with van der Waals surface area (Å²) in [5.41, 5.74) is 0. The zero-order chi connectivity index (χ0) is 11.3. The molecule has 0 spiro atoms. The van der Waals surface area contributed by atoms with Crippen LogP contribution in [0.25, 0.3) is 0 Å². The van der Waals surface area contributed by atoms with Gasteiger partial charge in [-0.25, -0.2) is 0 Å². The van der Waals surface area contributed by atoms with Gasteiger partial charge in [0.15, 0.2) is 0 Å². The first-order valence-corrected chi connectivity index (χ1v) is 6.86. The van der Waals surface area contributed by atoms with E-state index in [0.717, 1.165) is 24.3 Å². The molecule has 0 bridgehead atoms. The predicted octanol–water partition coefficient (Wildman–Crippen LogP) is 3.84. The van der Waals surface area contributed by atoms with Gasteiger partial charge in [0.05, 0.1) is 0 Å². The molecule has 4 atom stereocenters. The maximum atomic E-state index is 3.51. The Balaban J connectivity index is 2.16. The predicted molar refractivity (Wildman–Crippen MR) is 68.0 cm³/mol. The van der Waals surface area contributed by atoms with Crippen LogP contribution in [0.4, 0.5) is 0 Å². The Labute approximate surface area is 96.0 Å². The second kappa shape index (κ2) is 6.52. The molecule has 1 heteroatoms. The maximum absolute atomic E-state index is 3.51. The van der Waals surface area contributed by atoms with Crippen LogP contribution in [0.15, 0.2) is 0 Å². The third-order valence-electron chi connectivity index (χ3n) is 4.27. The largest absolute Gasteiger partial charge is 0.315 e. The van der Waals surface area contributed by atoms with E-state index in [-0.39, 0.29) is 0 Å². The van der Waals surface area contributed by atoms with Gasteiger partial charge >= 0.3 is 0 Å². The Morgan fingerprint density at radius 3 is 2.53 bits per heavy atom. The lowest BCUT2D eigenvalue weighted by atomic mass is 9.74. The van der Waals surface area contributed by atoms with E-state index in [1.165, 1.54) is 32.1 Å². The minimum absolute atomic E-state index is 0.713. The van der Waals surface area contributed by atoms with Crippen molar-refractivity contribution in [1.29, 1.82) is 0 Å². The molecule has 1 saturated carbocycles. The molecule has 0 aromatic rings. The van der Waals surface area contributed by atoms with Crippen molar-refractivity contribution in [2.45, 2.75) is 65.8 Å². The van der Waals surface area contributed by atoms with Gasteiger partial charge in [-0.3, -0.25) is 0 Å². The van der Waals surface area contributed by atoms with Crippen LogP contribution in [-0.4, -0.2) is 12.6 Å². The molecule has 1 aliphatic carbocycles. The van der Waals surface area contributed by atoms with Crippen LogP contribution in [0.1, 0.15) is 59.8 Å². The Bertz CT molecular complexity index is 167. The van der Waals surface area contributed by atoms with Crippen molar-refractivity contribution in [2.75, 3.05) is 6.54 Å². The Hall–Kier alpha value is -0.0400. The zero-order valence-corrected chi connectivity index (χ0v) is 11.1. The van der Waals surface area contributed by atoms with Gasteiger partial charge in [-0.05, 0) is 50.5 Å². The summed E-state index contributed by atoms with van der Waals surface area (Å²) in [6.07, 6.45) is 7.20. The molecule has 4 unspecified atom stereocenters. The fraction of sp³-hybridized carbons (Fsp3) is 1.00. The molecule has 0 heterocycles. The molecular weight excluding hydrogens is 182 g/mol. The van der Waals surface area contributed by atoms with Crippen LogP contribution in [0, 0.1) is 17.8 Å². The van der Waals surface area contributed by atoms with E-state index in [4.69, 9.17) is 0 Å². The van der Waals surface area contributed by atoms with Crippen molar-refractivity contribution in [3.05, 3.63) is 0 Å². The normalized spacial score (nSPS) is 34.0. The van der Waals surface area contributed by atoms with Crippen LogP contribution >= 0.6 is 0 Å². The summed E-state index contributed by atoms with van der Waals surface area (Å²) in [7, 11) is 0. The Morgan fingerprint density at radius 2 is 1.93 bits per heavy atom. The SMILES string of the molecule is CCNC(C)CCC1CCC(C)C(C)C1. The van der Waals surface area contributed by atoms with E-state index in [0.29, 0.717) is 6.04 Å². The maximum Gasteiger partial charge on any atom is 0.00387 e. The number of hydrogen-bond donors (Lipinski definition) is 1. The topological polar surface area (TPSA) is 12.0 Å². The first-order chi connectivity index (χ1) is 7.13. The summed E-state index contributed by atoms with van der Waals surface area (Å²) in [4.78, 5) is 0. The molecule has 15 heavy (non-hydrogen) atoms. The average molecular weight is 211 g/mol. The van der Waals surface area contributed by atoms with Crippen LogP contribution in [0.5, 0.6) is 0 Å². The number of rotatable bonds is 5. The van der Waals surface area contributed by atoms with Gasteiger partial charge in [0.25, 0.3) is 0 Å². The molecule has 1 aliphatic rings. The molecule has 1 N–H and O–H groups in total. The molecule has 0 saturated heterocycles. The molecule has 0 aliphatic heterocycles. The van der Waals surface area contributed by atoms with Gasteiger partial charge in [0.1, 0.15) is 0 Å². The number of hydrogen-bond acceptors (Lipinski definition) is 1. The van der Waals surface area contributed by atoms with Crippen molar-refractivity contribution in [3.63, 3.8) is 0 Å². The average Bonchev–Trinajstić information content (AvgIpc) is 2.20. The lowest BCUT2D eigenvalue weighted by molar-refractivity contribution is 0.195. The first-order valence-electron chi connectivity index (χ1n) is 6.86. The third kappa shape index (κ3) is 4.55. The van der Waals surface area contributed by atoms with Gasteiger partial charge in [-0.1, -0.05) is 33.6 Å². The Morgan fingerprint density at radius 1 is 1.20 bits per heavy atom. The molecular formula is C14H29N. The minimum atomic E-state index is 0.713. The van der Waals surface area contributed by atoms with E-state index in [9.17, 15) is 0 Å². The van der Waals surface area contributed by atoms with Crippen LogP contribution in [-0.2, 0) is 0 Å². The lowest BCUT2D eigenvalue weighted by Gasteiger charge is -2.32. The van der Waals surface area contributed by atoms with Gasteiger partial charge in [0.2, 0.25) is 0 Å². The van der Waals surface area contributed by atoms with E-state index in [1.54, 1.807) is 0 Å². The molecule has 1 nitrogen and oxygen atoms in total. The standard InChI is InChI=1S/C14H29N/c1-5-15-13(4)7-9-14-8-6-11(2)12(3)10-14/h11-15H,5-10H2,1-4H3. The van der Waals surface area contributed by atoms with E-state index >= 15 is 0 Å². The molecule has 0 aromatic heterocycles. The van der Waals surface area contributed by atoms with E-state index < -0.39 is 0 Å². The summed E-state index contributed by atoms with van der Waals surface area (Å²) < 4.78 is 0. The second-order valence-corrected chi connectivity index (χ2v) is 5.67. The lowest BCUT2D eigenvalue weighted by Crippen LogP contribution is -2.27.